The molecule has 1 N–H and O–H groups in total. The Bertz CT molecular complexity index is 535. The van der Waals surface area contributed by atoms with E-state index in [4.69, 9.17) is 4.74 Å². The summed E-state index contributed by atoms with van der Waals surface area (Å²) in [5, 5.41) is 9.59. The average molecular weight is 291 g/mol. The zero-order valence-electron chi connectivity index (χ0n) is 12.4. The molecule has 1 aliphatic heterocycles. The standard InChI is InChI=1S/C15H21N3O3/c1-9(2)21-13-7-16-6-12(17-13)18-8-10-4-3-5-11(10)14(18)15(19)20/h6-7,9-11,14H,3-5,8H2,1-2H3,(H,19,20). The zero-order chi connectivity index (χ0) is 15.0. The topological polar surface area (TPSA) is 75.5 Å². The number of anilines is 1. The van der Waals surface area contributed by atoms with Gasteiger partial charge in [0.15, 0.2) is 5.82 Å². The van der Waals surface area contributed by atoms with E-state index < -0.39 is 12.0 Å². The van der Waals surface area contributed by atoms with E-state index >= 15 is 0 Å². The van der Waals surface area contributed by atoms with Gasteiger partial charge in [-0.25, -0.2) is 4.79 Å². The lowest BCUT2D eigenvalue weighted by molar-refractivity contribution is -0.139. The lowest BCUT2D eigenvalue weighted by atomic mass is 9.94. The number of hydrogen-bond acceptors (Lipinski definition) is 5. The summed E-state index contributed by atoms with van der Waals surface area (Å²) in [6.45, 7) is 4.60. The van der Waals surface area contributed by atoms with Crippen molar-refractivity contribution < 1.29 is 14.6 Å². The molecule has 0 spiro atoms. The summed E-state index contributed by atoms with van der Waals surface area (Å²) in [6, 6.07) is -0.485. The quantitative estimate of drug-likeness (QED) is 0.914. The summed E-state index contributed by atoms with van der Waals surface area (Å²) in [4.78, 5) is 22.1. The predicted molar refractivity (Wildman–Crippen MR) is 77.4 cm³/mol. The lowest BCUT2D eigenvalue weighted by Gasteiger charge is -2.25. The molecule has 0 amide bonds. The fourth-order valence-electron chi connectivity index (χ4n) is 3.63. The van der Waals surface area contributed by atoms with E-state index in [1.54, 1.807) is 12.4 Å². The number of carboxylic acid groups (broad SMARTS) is 1. The summed E-state index contributed by atoms with van der Waals surface area (Å²) >= 11 is 0. The Hall–Kier alpha value is -1.85. The SMILES string of the molecule is CC(C)Oc1cncc(N2CC3CCCC3C2C(=O)O)n1. The molecular weight excluding hydrogens is 270 g/mol. The van der Waals surface area contributed by atoms with Gasteiger partial charge in [-0.3, -0.25) is 4.98 Å². The van der Waals surface area contributed by atoms with Gasteiger partial charge in [-0.2, -0.15) is 4.98 Å². The van der Waals surface area contributed by atoms with Crippen molar-refractivity contribution >= 4 is 11.8 Å². The largest absolute Gasteiger partial charge is 0.480 e. The Morgan fingerprint density at radius 2 is 2.24 bits per heavy atom. The monoisotopic (exact) mass is 291 g/mol. The Morgan fingerprint density at radius 3 is 2.95 bits per heavy atom. The number of aromatic nitrogens is 2. The number of carboxylic acids is 1. The number of ether oxygens (including phenoxy) is 1. The number of aliphatic carboxylic acids is 1. The van der Waals surface area contributed by atoms with Crippen LogP contribution >= 0.6 is 0 Å². The summed E-state index contributed by atoms with van der Waals surface area (Å²) in [5.41, 5.74) is 0. The molecule has 0 bridgehead atoms. The number of carbonyl (C=O) groups is 1. The Labute approximate surface area is 124 Å². The first-order chi connectivity index (χ1) is 10.1. The smallest absolute Gasteiger partial charge is 0.326 e. The fraction of sp³-hybridized carbons (Fsp3) is 0.667. The molecule has 3 atom stereocenters. The van der Waals surface area contributed by atoms with Crippen LogP contribution in [0.15, 0.2) is 12.4 Å². The minimum absolute atomic E-state index is 0.0165. The second-order valence-corrected chi connectivity index (χ2v) is 6.17. The second-order valence-electron chi connectivity index (χ2n) is 6.17. The van der Waals surface area contributed by atoms with Crippen molar-refractivity contribution in [2.24, 2.45) is 11.8 Å². The molecule has 0 radical (unpaired) electrons. The Kier molecular flexibility index (Phi) is 3.69. The first-order valence-electron chi connectivity index (χ1n) is 7.54. The molecule has 2 fully saturated rings. The van der Waals surface area contributed by atoms with Gasteiger partial charge >= 0.3 is 5.97 Å². The van der Waals surface area contributed by atoms with Crippen LogP contribution in [0, 0.1) is 11.8 Å². The van der Waals surface area contributed by atoms with E-state index in [1.165, 1.54) is 0 Å². The number of fused-ring (bicyclic) bond motifs is 1. The maximum absolute atomic E-state index is 11.7. The van der Waals surface area contributed by atoms with Crippen molar-refractivity contribution in [3.05, 3.63) is 12.4 Å². The fourth-order valence-corrected chi connectivity index (χ4v) is 3.63. The van der Waals surface area contributed by atoms with Crippen molar-refractivity contribution in [2.75, 3.05) is 11.4 Å². The molecular formula is C15H21N3O3. The lowest BCUT2D eigenvalue weighted by Crippen LogP contribution is -2.40. The highest BCUT2D eigenvalue weighted by Crippen LogP contribution is 2.43. The third-order valence-corrected chi connectivity index (χ3v) is 4.39. The number of hydrogen-bond donors (Lipinski definition) is 1. The highest BCUT2D eigenvalue weighted by atomic mass is 16.5. The van der Waals surface area contributed by atoms with Crippen LogP contribution in [0.25, 0.3) is 0 Å². The van der Waals surface area contributed by atoms with Crippen molar-refractivity contribution in [3.8, 4) is 5.88 Å². The third kappa shape index (κ3) is 2.66. The van der Waals surface area contributed by atoms with Crippen LogP contribution in [0.4, 0.5) is 5.82 Å². The van der Waals surface area contributed by atoms with Crippen molar-refractivity contribution in [1.82, 2.24) is 9.97 Å². The molecule has 2 heterocycles. The normalized spacial score (nSPS) is 28.0. The molecule has 3 unspecified atom stereocenters. The minimum Gasteiger partial charge on any atom is -0.480 e. The van der Waals surface area contributed by atoms with E-state index in [-0.39, 0.29) is 12.0 Å². The second kappa shape index (κ2) is 5.50. The van der Waals surface area contributed by atoms with Gasteiger partial charge in [-0.15, -0.1) is 0 Å². The van der Waals surface area contributed by atoms with Gasteiger partial charge in [0.1, 0.15) is 6.04 Å². The molecule has 1 aromatic heterocycles. The van der Waals surface area contributed by atoms with E-state index in [1.807, 2.05) is 18.7 Å². The van der Waals surface area contributed by atoms with E-state index in [2.05, 4.69) is 9.97 Å². The molecule has 2 aliphatic rings. The van der Waals surface area contributed by atoms with Crippen LogP contribution in [0.1, 0.15) is 33.1 Å². The highest BCUT2D eigenvalue weighted by molar-refractivity contribution is 5.79. The van der Waals surface area contributed by atoms with Gasteiger partial charge in [-0.1, -0.05) is 6.42 Å². The zero-order valence-corrected chi connectivity index (χ0v) is 12.4. The third-order valence-electron chi connectivity index (χ3n) is 4.39. The molecule has 1 saturated heterocycles. The van der Waals surface area contributed by atoms with Crippen LogP contribution in [-0.2, 0) is 4.79 Å². The van der Waals surface area contributed by atoms with Crippen LogP contribution in [0.5, 0.6) is 5.88 Å². The van der Waals surface area contributed by atoms with Gasteiger partial charge < -0.3 is 14.7 Å². The van der Waals surface area contributed by atoms with E-state index in [0.29, 0.717) is 17.6 Å². The number of rotatable bonds is 4. The maximum atomic E-state index is 11.7. The summed E-state index contributed by atoms with van der Waals surface area (Å²) < 4.78 is 5.56. The molecule has 1 aliphatic carbocycles. The first kappa shape index (κ1) is 14.1. The predicted octanol–water partition coefficient (Wildman–Crippen LogP) is 1.95. The first-order valence-corrected chi connectivity index (χ1v) is 7.54. The Morgan fingerprint density at radius 1 is 1.43 bits per heavy atom. The van der Waals surface area contributed by atoms with Crippen molar-refractivity contribution in [2.45, 2.75) is 45.3 Å². The molecule has 21 heavy (non-hydrogen) atoms. The minimum atomic E-state index is -0.763. The van der Waals surface area contributed by atoms with Gasteiger partial charge in [0.2, 0.25) is 5.88 Å². The van der Waals surface area contributed by atoms with E-state index in [9.17, 15) is 9.90 Å². The van der Waals surface area contributed by atoms with Crippen molar-refractivity contribution in [1.29, 1.82) is 0 Å². The molecule has 3 rings (SSSR count). The molecule has 114 valence electrons. The van der Waals surface area contributed by atoms with Crippen LogP contribution in [0.2, 0.25) is 0 Å². The summed E-state index contributed by atoms with van der Waals surface area (Å²) in [7, 11) is 0. The van der Waals surface area contributed by atoms with Gasteiger partial charge in [-0.05, 0) is 38.5 Å². The maximum Gasteiger partial charge on any atom is 0.326 e. The molecule has 1 saturated carbocycles. The van der Waals surface area contributed by atoms with Crippen LogP contribution in [0.3, 0.4) is 0 Å². The average Bonchev–Trinajstić information content (AvgIpc) is 2.97. The molecule has 1 aromatic rings. The summed E-state index contributed by atoms with van der Waals surface area (Å²) in [6.07, 6.45) is 6.45. The van der Waals surface area contributed by atoms with Crippen LogP contribution in [-0.4, -0.2) is 39.7 Å². The van der Waals surface area contributed by atoms with Crippen LogP contribution < -0.4 is 9.64 Å². The van der Waals surface area contributed by atoms with E-state index in [0.717, 1.165) is 25.8 Å². The number of nitrogens with zero attached hydrogens (tertiary/aromatic N) is 3. The highest BCUT2D eigenvalue weighted by Gasteiger charge is 2.48. The Balaban J connectivity index is 1.87. The van der Waals surface area contributed by atoms with Gasteiger partial charge in [0.05, 0.1) is 18.5 Å². The molecule has 0 aromatic carbocycles. The van der Waals surface area contributed by atoms with Gasteiger partial charge in [0, 0.05) is 6.54 Å². The molecule has 6 nitrogen and oxygen atoms in total. The molecule has 6 heteroatoms. The van der Waals surface area contributed by atoms with Gasteiger partial charge in [0.25, 0.3) is 0 Å². The summed E-state index contributed by atoms with van der Waals surface area (Å²) in [5.74, 6) is 0.988. The van der Waals surface area contributed by atoms with Crippen molar-refractivity contribution in [3.63, 3.8) is 0 Å².